The average molecular weight is 1220 g/mol. The SMILES string of the molecule is COC(=O)CCOCCNc1cc(CO)cc(CO)c1.COC(=O)CCOCCOCCOCCOCCOCCOCCOCCOCCOCCOCCOCCOCCOS(=O)(=O)c1ccc(C)cc1.Nc1cc(CO)cc(CO)c1. The number of hydrogen-bond donors (Lipinski definition) is 6. The van der Waals surface area contributed by atoms with E-state index < -0.39 is 10.1 Å². The molecule has 0 spiro atoms. The number of aryl methyl sites for hydroxylation is 1. The Morgan fingerprint density at radius 1 is 0.405 bits per heavy atom. The summed E-state index contributed by atoms with van der Waals surface area (Å²) >= 11 is 0. The molecule has 0 saturated heterocycles. The fourth-order valence-electron chi connectivity index (χ4n) is 6.40. The summed E-state index contributed by atoms with van der Waals surface area (Å²) in [4.78, 5) is 21.9. The number of aliphatic hydroxyl groups excluding tert-OH is 4. The fraction of sp³-hybridized carbons (Fsp3) is 0.649. The minimum atomic E-state index is -3.78. The van der Waals surface area contributed by atoms with Gasteiger partial charge in [0, 0.05) is 17.9 Å². The number of carbonyl (C=O) groups is 2. The van der Waals surface area contributed by atoms with Crippen molar-refractivity contribution in [3.05, 3.63) is 88.5 Å². The molecule has 7 N–H and O–H groups in total. The van der Waals surface area contributed by atoms with E-state index in [1.807, 2.05) is 19.1 Å². The van der Waals surface area contributed by atoms with Gasteiger partial charge in [0.25, 0.3) is 10.1 Å². The van der Waals surface area contributed by atoms with Crippen molar-refractivity contribution in [1.82, 2.24) is 0 Å². The zero-order chi connectivity index (χ0) is 61.4. The molecule has 0 amide bonds. The van der Waals surface area contributed by atoms with Crippen molar-refractivity contribution >= 4 is 33.4 Å². The minimum absolute atomic E-state index is 0.0436. The first-order chi connectivity index (χ1) is 40.9. The number of nitrogen functional groups attached to an aromatic ring is 1. The largest absolute Gasteiger partial charge is 0.469 e. The number of anilines is 2. The van der Waals surface area contributed by atoms with Crippen molar-refractivity contribution < 1.29 is 114 Å². The Hall–Kier alpha value is -4.57. The van der Waals surface area contributed by atoms with E-state index in [1.54, 1.807) is 36.4 Å². The van der Waals surface area contributed by atoms with E-state index in [0.717, 1.165) is 33.5 Å². The van der Waals surface area contributed by atoms with Crippen molar-refractivity contribution in [3.8, 4) is 0 Å². The quantitative estimate of drug-likeness (QED) is 0.0204. The second-order valence-electron chi connectivity index (χ2n) is 17.4. The Balaban J connectivity index is 0.000000913. The summed E-state index contributed by atoms with van der Waals surface area (Å²) in [6.07, 6.45) is 0.478. The van der Waals surface area contributed by atoms with Gasteiger partial charge >= 0.3 is 11.9 Å². The molecule has 0 bridgehead atoms. The number of esters is 2. The molecule has 27 heteroatoms. The van der Waals surface area contributed by atoms with Crippen LogP contribution >= 0.6 is 0 Å². The predicted molar refractivity (Wildman–Crippen MR) is 308 cm³/mol. The Bertz CT molecular complexity index is 2100. The highest BCUT2D eigenvalue weighted by Crippen LogP contribution is 2.16. The molecule has 3 aromatic carbocycles. The zero-order valence-electron chi connectivity index (χ0n) is 49.3. The van der Waals surface area contributed by atoms with Gasteiger partial charge in [-0.25, -0.2) is 0 Å². The fourth-order valence-corrected chi connectivity index (χ4v) is 7.30. The van der Waals surface area contributed by atoms with Gasteiger partial charge in [-0.2, -0.15) is 8.42 Å². The molecule has 3 aromatic rings. The summed E-state index contributed by atoms with van der Waals surface area (Å²) in [6, 6.07) is 16.9. The molecule has 0 aliphatic carbocycles. The number of hydrogen-bond acceptors (Lipinski definition) is 26. The van der Waals surface area contributed by atoms with E-state index in [2.05, 4.69) is 14.8 Å². The highest BCUT2D eigenvalue weighted by atomic mass is 32.2. The number of nitrogens with two attached hydrogens (primary N) is 1. The summed E-state index contributed by atoms with van der Waals surface area (Å²) in [5, 5.41) is 38.9. The molecule has 0 saturated carbocycles. The second kappa shape index (κ2) is 55.0. The number of carbonyl (C=O) groups excluding carboxylic acids is 2. The van der Waals surface area contributed by atoms with Gasteiger partial charge in [0.2, 0.25) is 0 Å². The van der Waals surface area contributed by atoms with Crippen LogP contribution in [0.25, 0.3) is 0 Å². The van der Waals surface area contributed by atoms with Gasteiger partial charge in [-0.1, -0.05) is 29.8 Å². The number of methoxy groups -OCH3 is 2. The van der Waals surface area contributed by atoms with Gasteiger partial charge in [-0.15, -0.1) is 0 Å². The third kappa shape index (κ3) is 45.8. The number of nitrogens with one attached hydrogen (secondary N) is 1. The molecular weight excluding hydrogens is 1130 g/mol. The Kier molecular flexibility index (Phi) is 50.7. The molecule has 3 rings (SSSR count). The molecule has 0 fully saturated rings. The maximum absolute atomic E-state index is 12.1. The standard InChI is InChI=1S/C35H62O17S.C14H21NO5.C8H11NO2/c1-33-3-5-34(6-4-33)53(37,38)52-32-31-51-30-29-50-28-27-49-26-25-48-24-23-47-22-21-46-20-19-45-18-17-44-16-15-43-14-13-42-12-11-41-10-9-40-8-7-35(36)39-2;1-19-14(18)2-4-20-5-3-15-13-7-11(9-16)6-12(8-13)10-17;9-8-2-6(4-10)1-7(3-8)5-11/h3-6H,7-32H2,1-2H3;6-8,15-17H,2-5,9-10H2,1H3;1-3,10-11H,4-5,9H2. The Morgan fingerprint density at radius 2 is 0.679 bits per heavy atom. The molecule has 0 aromatic heterocycles. The Morgan fingerprint density at radius 3 is 0.976 bits per heavy atom. The third-order valence-electron chi connectivity index (χ3n) is 10.7. The lowest BCUT2D eigenvalue weighted by Gasteiger charge is -2.10. The Labute approximate surface area is 495 Å². The number of benzene rings is 3. The van der Waals surface area contributed by atoms with Crippen LogP contribution < -0.4 is 11.1 Å². The lowest BCUT2D eigenvalue weighted by Crippen LogP contribution is -2.16. The molecule has 0 atom stereocenters. The molecule has 0 unspecified atom stereocenters. The summed E-state index contributed by atoms with van der Waals surface area (Å²) in [6.45, 7) is 13.3. The molecular formula is C57H94N2O24S. The van der Waals surface area contributed by atoms with Crippen molar-refractivity contribution in [2.24, 2.45) is 0 Å². The first-order valence-electron chi connectivity index (χ1n) is 27.7. The van der Waals surface area contributed by atoms with Gasteiger partial charge in [0.1, 0.15) is 0 Å². The first kappa shape index (κ1) is 77.4. The summed E-state index contributed by atoms with van der Waals surface area (Å²) in [7, 11) is -1.09. The van der Waals surface area contributed by atoms with E-state index in [9.17, 15) is 18.0 Å². The monoisotopic (exact) mass is 1220 g/mol. The van der Waals surface area contributed by atoms with Crippen LogP contribution in [0, 0.1) is 6.92 Å². The number of aliphatic hydroxyl groups is 4. The topological polar surface area (TPSA) is 335 Å². The van der Waals surface area contributed by atoms with Gasteiger partial charge in [-0.3, -0.25) is 13.8 Å². The summed E-state index contributed by atoms with van der Waals surface area (Å²) in [5.41, 5.74) is 10.8. The molecule has 482 valence electrons. The van der Waals surface area contributed by atoms with Crippen molar-refractivity contribution in [3.63, 3.8) is 0 Å². The highest BCUT2D eigenvalue weighted by molar-refractivity contribution is 7.86. The van der Waals surface area contributed by atoms with E-state index in [0.29, 0.717) is 177 Å². The van der Waals surface area contributed by atoms with E-state index in [-0.39, 0.29) is 69.3 Å². The molecule has 26 nitrogen and oxygen atoms in total. The van der Waals surface area contributed by atoms with Crippen molar-refractivity contribution in [2.45, 2.75) is 51.1 Å². The van der Waals surface area contributed by atoms with E-state index in [1.165, 1.54) is 26.4 Å². The summed E-state index contributed by atoms with van der Waals surface area (Å²) < 4.78 is 108. The number of rotatable bonds is 52. The van der Waals surface area contributed by atoms with Crippen LogP contribution in [0.4, 0.5) is 11.4 Å². The molecule has 0 aliphatic heterocycles. The predicted octanol–water partition coefficient (Wildman–Crippen LogP) is 2.38. The van der Waals surface area contributed by atoms with Gasteiger partial charge in [0.05, 0.1) is 237 Å². The molecule has 0 heterocycles. The number of ether oxygens (including phenoxy) is 15. The van der Waals surface area contributed by atoms with Crippen LogP contribution in [0.2, 0.25) is 0 Å². The average Bonchev–Trinajstić information content (AvgIpc) is 3.71. The van der Waals surface area contributed by atoms with Crippen LogP contribution in [0.1, 0.15) is 40.7 Å². The zero-order valence-corrected chi connectivity index (χ0v) is 50.1. The normalized spacial score (nSPS) is 11.2. The van der Waals surface area contributed by atoms with E-state index in [4.69, 9.17) is 91.9 Å². The second-order valence-corrected chi connectivity index (χ2v) is 19.0. The molecule has 0 aliphatic rings. The van der Waals surface area contributed by atoms with E-state index >= 15 is 0 Å². The minimum Gasteiger partial charge on any atom is -0.469 e. The maximum atomic E-state index is 12.1. The third-order valence-corrected chi connectivity index (χ3v) is 12.0. The van der Waals surface area contributed by atoms with Crippen LogP contribution in [0.3, 0.4) is 0 Å². The lowest BCUT2D eigenvalue weighted by atomic mass is 10.1. The maximum Gasteiger partial charge on any atom is 0.307 e. The van der Waals surface area contributed by atoms with Gasteiger partial charge in [0.15, 0.2) is 0 Å². The smallest absolute Gasteiger partial charge is 0.307 e. The lowest BCUT2D eigenvalue weighted by molar-refractivity contribution is -0.142. The van der Waals surface area contributed by atoms with Crippen LogP contribution in [-0.4, -0.2) is 240 Å². The van der Waals surface area contributed by atoms with Crippen molar-refractivity contribution in [2.75, 3.05) is 210 Å². The highest BCUT2D eigenvalue weighted by Gasteiger charge is 2.14. The van der Waals surface area contributed by atoms with Crippen LogP contribution in [0.15, 0.2) is 65.6 Å². The molecule has 84 heavy (non-hydrogen) atoms. The van der Waals surface area contributed by atoms with Crippen molar-refractivity contribution in [1.29, 1.82) is 0 Å². The van der Waals surface area contributed by atoms with Crippen LogP contribution in [-0.2, 0) is 121 Å². The summed E-state index contributed by atoms with van der Waals surface area (Å²) in [5.74, 6) is -0.583. The van der Waals surface area contributed by atoms with Crippen LogP contribution in [0.5, 0.6) is 0 Å². The van der Waals surface area contributed by atoms with Gasteiger partial charge in [-0.05, 0) is 65.6 Å². The van der Waals surface area contributed by atoms with Gasteiger partial charge < -0.3 is 103 Å². The first-order valence-corrected chi connectivity index (χ1v) is 29.1. The molecule has 0 radical (unpaired) electrons.